The number of rotatable bonds is 9. The average molecular weight is 384 g/mol. The van der Waals surface area contributed by atoms with Gasteiger partial charge in [-0.05, 0) is 48.4 Å². The number of hydrogen-bond acceptors (Lipinski definition) is 5. The number of amides is 1. The summed E-state index contributed by atoms with van der Waals surface area (Å²) in [6.07, 6.45) is 1.12. The van der Waals surface area contributed by atoms with Crippen LogP contribution < -0.4 is 19.7 Å². The highest BCUT2D eigenvalue weighted by atomic mass is 16.5. The van der Waals surface area contributed by atoms with Gasteiger partial charge in [-0.25, -0.2) is 0 Å². The number of carbonyl (C=O) groups excluding carboxylic acids is 1. The maximum Gasteiger partial charge on any atom is 0.220 e. The van der Waals surface area contributed by atoms with Crippen LogP contribution in [-0.2, 0) is 16.1 Å². The molecule has 2 aromatic carbocycles. The molecular weight excluding hydrogens is 356 g/mol. The highest BCUT2D eigenvalue weighted by molar-refractivity contribution is 5.75. The number of hydrogen-bond donors (Lipinski definition) is 1. The molecule has 1 aliphatic rings. The lowest BCUT2D eigenvalue weighted by atomic mass is 10.2. The van der Waals surface area contributed by atoms with Crippen LogP contribution in [-0.4, -0.2) is 45.9 Å². The van der Waals surface area contributed by atoms with E-state index >= 15 is 0 Å². The third kappa shape index (κ3) is 6.16. The van der Waals surface area contributed by atoms with Gasteiger partial charge in [0.05, 0.1) is 26.9 Å². The molecule has 1 heterocycles. The molecule has 1 fully saturated rings. The molecule has 0 unspecified atom stereocenters. The van der Waals surface area contributed by atoms with E-state index in [9.17, 15) is 4.79 Å². The minimum Gasteiger partial charge on any atom is -0.497 e. The largest absolute Gasteiger partial charge is 0.497 e. The van der Waals surface area contributed by atoms with Crippen LogP contribution in [0.5, 0.6) is 11.5 Å². The second-order valence-corrected chi connectivity index (χ2v) is 6.67. The smallest absolute Gasteiger partial charge is 0.220 e. The molecule has 0 saturated carbocycles. The molecule has 0 atom stereocenters. The number of carbonyl (C=O) groups is 1. The minimum atomic E-state index is 0.0376. The van der Waals surface area contributed by atoms with Crippen LogP contribution in [0.2, 0.25) is 0 Å². The molecule has 1 aliphatic heterocycles. The van der Waals surface area contributed by atoms with Gasteiger partial charge in [-0.2, -0.15) is 0 Å². The molecule has 0 aliphatic carbocycles. The van der Waals surface area contributed by atoms with E-state index in [-0.39, 0.29) is 5.91 Å². The first-order valence-corrected chi connectivity index (χ1v) is 9.70. The molecule has 1 saturated heterocycles. The summed E-state index contributed by atoms with van der Waals surface area (Å²) in [5.74, 6) is 1.61. The fourth-order valence-corrected chi connectivity index (χ4v) is 3.03. The standard InChI is InChI=1S/C22H28N2O4/c1-26-20-8-10-21(11-9-20)28-14-2-3-22(25)23-17-18-4-6-19(7-5-18)24-12-15-27-16-13-24/h4-11H,2-3,12-17H2,1H3,(H,23,25). The molecule has 1 N–H and O–H groups in total. The van der Waals surface area contributed by atoms with Gasteiger partial charge >= 0.3 is 0 Å². The summed E-state index contributed by atoms with van der Waals surface area (Å²) in [6, 6.07) is 15.8. The Labute approximate surface area is 166 Å². The van der Waals surface area contributed by atoms with Crippen molar-refractivity contribution in [2.75, 3.05) is 44.9 Å². The van der Waals surface area contributed by atoms with Crippen LogP contribution in [0.3, 0.4) is 0 Å². The van der Waals surface area contributed by atoms with Crippen molar-refractivity contribution in [2.24, 2.45) is 0 Å². The molecular formula is C22H28N2O4. The fourth-order valence-electron chi connectivity index (χ4n) is 3.03. The quantitative estimate of drug-likeness (QED) is 0.674. The zero-order chi connectivity index (χ0) is 19.6. The number of ether oxygens (including phenoxy) is 3. The first-order chi connectivity index (χ1) is 13.7. The molecule has 150 valence electrons. The topological polar surface area (TPSA) is 60.0 Å². The van der Waals surface area contributed by atoms with Crippen molar-refractivity contribution in [3.05, 3.63) is 54.1 Å². The molecule has 0 aromatic heterocycles. The molecule has 28 heavy (non-hydrogen) atoms. The average Bonchev–Trinajstić information content (AvgIpc) is 2.76. The van der Waals surface area contributed by atoms with Gasteiger partial charge in [0, 0.05) is 31.7 Å². The Morgan fingerprint density at radius 1 is 1.04 bits per heavy atom. The molecule has 0 bridgehead atoms. The summed E-state index contributed by atoms with van der Waals surface area (Å²) < 4.78 is 16.1. The molecule has 1 amide bonds. The van der Waals surface area contributed by atoms with Gasteiger partial charge in [0.2, 0.25) is 5.91 Å². The van der Waals surface area contributed by atoms with E-state index in [1.165, 1.54) is 5.69 Å². The van der Waals surface area contributed by atoms with E-state index in [0.717, 1.165) is 43.4 Å². The van der Waals surface area contributed by atoms with Crippen molar-refractivity contribution in [1.29, 1.82) is 0 Å². The predicted octanol–water partition coefficient (Wildman–Crippen LogP) is 3.01. The van der Waals surface area contributed by atoms with Gasteiger partial charge < -0.3 is 24.4 Å². The van der Waals surface area contributed by atoms with Crippen molar-refractivity contribution in [1.82, 2.24) is 5.32 Å². The maximum absolute atomic E-state index is 12.0. The Kier molecular flexibility index (Phi) is 7.55. The Hall–Kier alpha value is -2.73. The summed E-state index contributed by atoms with van der Waals surface area (Å²) in [7, 11) is 1.63. The van der Waals surface area contributed by atoms with Crippen LogP contribution in [0.4, 0.5) is 5.69 Å². The van der Waals surface area contributed by atoms with Gasteiger partial charge in [0.25, 0.3) is 0 Å². The summed E-state index contributed by atoms with van der Waals surface area (Å²) in [4.78, 5) is 14.3. The molecule has 3 rings (SSSR count). The number of benzene rings is 2. The van der Waals surface area contributed by atoms with Crippen molar-refractivity contribution in [3.63, 3.8) is 0 Å². The van der Waals surface area contributed by atoms with E-state index in [4.69, 9.17) is 14.2 Å². The fraction of sp³-hybridized carbons (Fsp3) is 0.409. The lowest BCUT2D eigenvalue weighted by Crippen LogP contribution is -2.36. The first-order valence-electron chi connectivity index (χ1n) is 9.70. The normalized spacial score (nSPS) is 13.8. The Bertz CT molecular complexity index is 725. The third-order valence-corrected chi connectivity index (χ3v) is 4.68. The second-order valence-electron chi connectivity index (χ2n) is 6.67. The van der Waals surface area contributed by atoms with E-state index < -0.39 is 0 Å². The highest BCUT2D eigenvalue weighted by Crippen LogP contribution is 2.18. The lowest BCUT2D eigenvalue weighted by molar-refractivity contribution is -0.121. The number of nitrogens with zero attached hydrogens (tertiary/aromatic N) is 1. The summed E-state index contributed by atoms with van der Waals surface area (Å²) in [6.45, 7) is 4.46. The molecule has 6 nitrogen and oxygen atoms in total. The summed E-state index contributed by atoms with van der Waals surface area (Å²) in [5, 5.41) is 2.97. The molecule has 0 radical (unpaired) electrons. The van der Waals surface area contributed by atoms with Crippen LogP contribution in [0.15, 0.2) is 48.5 Å². The van der Waals surface area contributed by atoms with E-state index in [2.05, 4.69) is 34.5 Å². The summed E-state index contributed by atoms with van der Waals surface area (Å²) in [5.41, 5.74) is 2.30. The van der Waals surface area contributed by atoms with Crippen molar-refractivity contribution >= 4 is 11.6 Å². The Balaban J connectivity index is 1.32. The number of anilines is 1. The van der Waals surface area contributed by atoms with Crippen molar-refractivity contribution < 1.29 is 19.0 Å². The molecule has 6 heteroatoms. The zero-order valence-corrected chi connectivity index (χ0v) is 16.4. The predicted molar refractivity (Wildman–Crippen MR) is 109 cm³/mol. The van der Waals surface area contributed by atoms with Crippen LogP contribution in [0.1, 0.15) is 18.4 Å². The van der Waals surface area contributed by atoms with Gasteiger partial charge in [-0.15, -0.1) is 0 Å². The zero-order valence-electron chi connectivity index (χ0n) is 16.4. The number of morpholine rings is 1. The number of methoxy groups -OCH3 is 1. The highest BCUT2D eigenvalue weighted by Gasteiger charge is 2.10. The summed E-state index contributed by atoms with van der Waals surface area (Å²) >= 11 is 0. The SMILES string of the molecule is COc1ccc(OCCCC(=O)NCc2ccc(N3CCOCC3)cc2)cc1. The maximum atomic E-state index is 12.0. The van der Waals surface area contributed by atoms with Crippen molar-refractivity contribution in [2.45, 2.75) is 19.4 Å². The van der Waals surface area contributed by atoms with Gasteiger partial charge in [0.1, 0.15) is 11.5 Å². The van der Waals surface area contributed by atoms with Gasteiger partial charge in [-0.1, -0.05) is 12.1 Å². The molecule has 2 aromatic rings. The minimum absolute atomic E-state index is 0.0376. The van der Waals surface area contributed by atoms with Crippen LogP contribution in [0.25, 0.3) is 0 Å². The number of nitrogens with one attached hydrogen (secondary N) is 1. The van der Waals surface area contributed by atoms with Crippen LogP contribution in [0, 0.1) is 0 Å². The van der Waals surface area contributed by atoms with E-state index in [1.807, 2.05) is 24.3 Å². The molecule has 0 spiro atoms. The van der Waals surface area contributed by atoms with Gasteiger partial charge in [-0.3, -0.25) is 4.79 Å². The van der Waals surface area contributed by atoms with Crippen LogP contribution >= 0.6 is 0 Å². The first kappa shape index (κ1) is 20.0. The van der Waals surface area contributed by atoms with E-state index in [1.54, 1.807) is 7.11 Å². The van der Waals surface area contributed by atoms with E-state index in [0.29, 0.717) is 26.0 Å². The monoisotopic (exact) mass is 384 g/mol. The second kappa shape index (κ2) is 10.6. The van der Waals surface area contributed by atoms with Gasteiger partial charge in [0.15, 0.2) is 0 Å². The Morgan fingerprint density at radius 3 is 2.39 bits per heavy atom. The lowest BCUT2D eigenvalue weighted by Gasteiger charge is -2.28. The Morgan fingerprint density at radius 2 is 1.71 bits per heavy atom. The van der Waals surface area contributed by atoms with Crippen molar-refractivity contribution in [3.8, 4) is 11.5 Å². The third-order valence-electron chi connectivity index (χ3n) is 4.68.